The van der Waals surface area contributed by atoms with Gasteiger partial charge in [-0.3, -0.25) is 9.48 Å². The summed E-state index contributed by atoms with van der Waals surface area (Å²) in [6, 6.07) is 0.0567. The lowest BCUT2D eigenvalue weighted by Gasteiger charge is -2.24. The molecule has 5 heteroatoms. The van der Waals surface area contributed by atoms with E-state index in [4.69, 9.17) is 11.5 Å². The van der Waals surface area contributed by atoms with Crippen LogP contribution >= 0.6 is 0 Å². The van der Waals surface area contributed by atoms with E-state index in [0.717, 1.165) is 5.56 Å². The van der Waals surface area contributed by atoms with Gasteiger partial charge in [0.1, 0.15) is 0 Å². The molecular formula is C10H18N4O. The quantitative estimate of drug-likeness (QED) is 0.751. The highest BCUT2D eigenvalue weighted by molar-refractivity contribution is 5.83. The molecule has 84 valence electrons. The zero-order chi connectivity index (χ0) is 11.6. The third-order valence-corrected chi connectivity index (χ3v) is 2.46. The van der Waals surface area contributed by atoms with Crippen molar-refractivity contribution in [1.82, 2.24) is 9.78 Å². The molecule has 0 aliphatic rings. The number of nitrogens with zero attached hydrogens (tertiary/aromatic N) is 2. The summed E-state index contributed by atoms with van der Waals surface area (Å²) in [6.45, 7) is 5.56. The number of aromatic nitrogens is 2. The minimum Gasteiger partial charge on any atom is -0.368 e. The van der Waals surface area contributed by atoms with E-state index in [1.807, 2.05) is 20.0 Å². The molecular weight excluding hydrogens is 192 g/mol. The molecule has 0 bridgehead atoms. The van der Waals surface area contributed by atoms with Crippen LogP contribution in [0.15, 0.2) is 12.4 Å². The molecule has 1 rings (SSSR count). The Hall–Kier alpha value is -1.36. The molecule has 0 saturated heterocycles. The molecule has 1 amide bonds. The highest BCUT2D eigenvalue weighted by Crippen LogP contribution is 2.18. The van der Waals surface area contributed by atoms with Crippen LogP contribution < -0.4 is 11.5 Å². The van der Waals surface area contributed by atoms with Gasteiger partial charge in [0.15, 0.2) is 0 Å². The smallest absolute Gasteiger partial charge is 0.237 e. The Morgan fingerprint density at radius 3 is 2.73 bits per heavy atom. The maximum Gasteiger partial charge on any atom is 0.237 e. The van der Waals surface area contributed by atoms with Gasteiger partial charge >= 0.3 is 0 Å². The second-order valence-electron chi connectivity index (χ2n) is 4.33. The molecule has 4 N–H and O–H groups in total. The van der Waals surface area contributed by atoms with Gasteiger partial charge in [0.05, 0.1) is 17.8 Å². The predicted octanol–water partition coefficient (Wildman–Crippen LogP) is 0.345. The summed E-state index contributed by atoms with van der Waals surface area (Å²) in [5, 5.41) is 4.17. The van der Waals surface area contributed by atoms with Gasteiger partial charge in [0, 0.05) is 6.20 Å². The topological polar surface area (TPSA) is 86.9 Å². The van der Waals surface area contributed by atoms with Crippen LogP contribution in [0.5, 0.6) is 0 Å². The number of hydrogen-bond donors (Lipinski definition) is 2. The van der Waals surface area contributed by atoms with Crippen LogP contribution in [0.3, 0.4) is 0 Å². The molecule has 0 radical (unpaired) electrons. The van der Waals surface area contributed by atoms with Gasteiger partial charge in [-0.25, -0.2) is 0 Å². The van der Waals surface area contributed by atoms with Gasteiger partial charge < -0.3 is 11.5 Å². The average Bonchev–Trinajstić information content (AvgIpc) is 2.50. The number of aryl methyl sites for hydroxylation is 1. The molecule has 1 heterocycles. The van der Waals surface area contributed by atoms with Crippen molar-refractivity contribution in [3.05, 3.63) is 18.0 Å². The van der Waals surface area contributed by atoms with Gasteiger partial charge in [-0.1, -0.05) is 0 Å². The summed E-state index contributed by atoms with van der Waals surface area (Å²) in [5.41, 5.74) is 11.1. The Kier molecular flexibility index (Phi) is 3.14. The molecule has 1 aromatic heterocycles. The number of hydrogen-bond acceptors (Lipinski definition) is 3. The average molecular weight is 210 g/mol. The molecule has 0 fully saturated rings. The van der Waals surface area contributed by atoms with Gasteiger partial charge in [-0.05, 0) is 32.8 Å². The summed E-state index contributed by atoms with van der Waals surface area (Å²) in [5.74, 6) is -0.488. The Balaban J connectivity index is 2.71. The minimum atomic E-state index is -0.987. The van der Waals surface area contributed by atoms with Gasteiger partial charge in [-0.15, -0.1) is 0 Å². The summed E-state index contributed by atoms with van der Waals surface area (Å²) >= 11 is 0. The van der Waals surface area contributed by atoms with Crippen molar-refractivity contribution in [2.75, 3.05) is 0 Å². The monoisotopic (exact) mass is 210 g/mol. The second-order valence-corrected chi connectivity index (χ2v) is 4.33. The number of nitrogens with two attached hydrogens (primary N) is 2. The Morgan fingerprint density at radius 2 is 2.33 bits per heavy atom. The van der Waals surface area contributed by atoms with Crippen molar-refractivity contribution in [3.63, 3.8) is 0 Å². The van der Waals surface area contributed by atoms with Crippen molar-refractivity contribution in [2.24, 2.45) is 11.5 Å². The lowest BCUT2D eigenvalue weighted by atomic mass is 9.94. The highest BCUT2D eigenvalue weighted by atomic mass is 16.1. The lowest BCUT2D eigenvalue weighted by molar-refractivity contribution is -0.123. The predicted molar refractivity (Wildman–Crippen MR) is 58.1 cm³/mol. The normalized spacial score (nSPS) is 17.1. The summed E-state index contributed by atoms with van der Waals surface area (Å²) in [4.78, 5) is 11.1. The largest absolute Gasteiger partial charge is 0.368 e. The first-order chi connectivity index (χ1) is 6.83. The van der Waals surface area contributed by atoms with E-state index in [1.54, 1.807) is 17.8 Å². The van der Waals surface area contributed by atoms with Gasteiger partial charge in [0.2, 0.25) is 5.91 Å². The van der Waals surface area contributed by atoms with E-state index in [0.29, 0.717) is 6.42 Å². The van der Waals surface area contributed by atoms with Crippen molar-refractivity contribution in [3.8, 4) is 0 Å². The van der Waals surface area contributed by atoms with Crippen LogP contribution in [0.2, 0.25) is 0 Å². The Bertz CT molecular complexity index is 356. The minimum absolute atomic E-state index is 0.0567. The third kappa shape index (κ3) is 2.79. The van der Waals surface area contributed by atoms with Crippen LogP contribution in [0.1, 0.15) is 31.9 Å². The molecule has 15 heavy (non-hydrogen) atoms. The zero-order valence-corrected chi connectivity index (χ0v) is 9.40. The Morgan fingerprint density at radius 1 is 1.73 bits per heavy atom. The van der Waals surface area contributed by atoms with Crippen LogP contribution in [-0.2, 0) is 4.79 Å². The molecule has 5 nitrogen and oxygen atoms in total. The van der Waals surface area contributed by atoms with E-state index in [1.165, 1.54) is 0 Å². The molecule has 0 aliphatic heterocycles. The van der Waals surface area contributed by atoms with Crippen molar-refractivity contribution < 1.29 is 4.79 Å². The molecule has 2 atom stereocenters. The van der Waals surface area contributed by atoms with Gasteiger partial charge in [-0.2, -0.15) is 5.10 Å². The van der Waals surface area contributed by atoms with Crippen molar-refractivity contribution in [2.45, 2.75) is 38.8 Å². The Labute approximate surface area is 89.4 Å². The lowest BCUT2D eigenvalue weighted by Crippen LogP contribution is -2.50. The fraction of sp³-hybridized carbons (Fsp3) is 0.600. The number of carbonyl (C=O) groups is 1. The van der Waals surface area contributed by atoms with Crippen LogP contribution in [0.4, 0.5) is 0 Å². The van der Waals surface area contributed by atoms with E-state index < -0.39 is 11.4 Å². The van der Waals surface area contributed by atoms with Crippen LogP contribution in [-0.4, -0.2) is 21.2 Å². The first-order valence-electron chi connectivity index (χ1n) is 4.92. The van der Waals surface area contributed by atoms with E-state index in [2.05, 4.69) is 5.10 Å². The molecule has 1 aromatic rings. The number of amides is 1. The standard InChI is InChI=1S/C10H18N4O/c1-7-5-13-14(6-7)8(2)4-10(3,12)9(11)15/h5-6,8H,4,12H2,1-3H3,(H2,11,15). The zero-order valence-electron chi connectivity index (χ0n) is 9.40. The van der Waals surface area contributed by atoms with Crippen molar-refractivity contribution >= 4 is 5.91 Å². The number of rotatable bonds is 4. The molecule has 0 aromatic carbocycles. The number of carbonyl (C=O) groups excluding carboxylic acids is 1. The van der Waals surface area contributed by atoms with Gasteiger partial charge in [0.25, 0.3) is 0 Å². The van der Waals surface area contributed by atoms with Crippen molar-refractivity contribution in [1.29, 1.82) is 0 Å². The third-order valence-electron chi connectivity index (χ3n) is 2.46. The molecule has 0 spiro atoms. The molecule has 0 saturated carbocycles. The second kappa shape index (κ2) is 4.02. The number of primary amides is 1. The SMILES string of the molecule is Cc1cnn(C(C)CC(C)(N)C(N)=O)c1. The summed E-state index contributed by atoms with van der Waals surface area (Å²) < 4.78 is 1.80. The first kappa shape index (κ1) is 11.7. The highest BCUT2D eigenvalue weighted by Gasteiger charge is 2.28. The van der Waals surface area contributed by atoms with E-state index in [-0.39, 0.29) is 6.04 Å². The fourth-order valence-corrected chi connectivity index (χ4v) is 1.48. The summed E-state index contributed by atoms with van der Waals surface area (Å²) in [6.07, 6.45) is 4.17. The van der Waals surface area contributed by atoms with E-state index >= 15 is 0 Å². The van der Waals surface area contributed by atoms with E-state index in [9.17, 15) is 4.79 Å². The van der Waals surface area contributed by atoms with Crippen LogP contribution in [0, 0.1) is 6.92 Å². The van der Waals surface area contributed by atoms with Crippen LogP contribution in [0.25, 0.3) is 0 Å². The molecule has 2 unspecified atom stereocenters. The fourth-order valence-electron chi connectivity index (χ4n) is 1.48. The molecule has 0 aliphatic carbocycles. The summed E-state index contributed by atoms with van der Waals surface area (Å²) in [7, 11) is 0. The first-order valence-corrected chi connectivity index (χ1v) is 4.92. The maximum absolute atomic E-state index is 11.1. The maximum atomic E-state index is 11.1.